The van der Waals surface area contributed by atoms with E-state index in [9.17, 15) is 14.0 Å². The predicted octanol–water partition coefficient (Wildman–Crippen LogP) is 3.72. The maximum Gasteiger partial charge on any atom is 0.256 e. The molecule has 0 aliphatic rings. The summed E-state index contributed by atoms with van der Waals surface area (Å²) in [5.74, 6) is -0.966. The third-order valence-corrected chi connectivity index (χ3v) is 5.29. The van der Waals surface area contributed by atoms with Crippen LogP contribution < -0.4 is 10.6 Å². The molecule has 0 saturated heterocycles. The van der Waals surface area contributed by atoms with Crippen LogP contribution in [0.3, 0.4) is 0 Å². The summed E-state index contributed by atoms with van der Waals surface area (Å²) < 4.78 is 21.0. The number of hydrogen-bond donors (Lipinski definition) is 2. The van der Waals surface area contributed by atoms with Crippen molar-refractivity contribution >= 4 is 29.3 Å². The van der Waals surface area contributed by atoms with Crippen molar-refractivity contribution in [3.05, 3.63) is 78.4 Å². The first-order chi connectivity index (χ1) is 14.6. The van der Waals surface area contributed by atoms with E-state index in [-0.39, 0.29) is 17.3 Å². The highest BCUT2D eigenvalue weighted by atomic mass is 32.2. The molecule has 6 nitrogen and oxygen atoms in total. The van der Waals surface area contributed by atoms with Crippen LogP contribution in [-0.2, 0) is 9.53 Å². The maximum atomic E-state index is 14.3. The highest BCUT2D eigenvalue weighted by Gasteiger charge is 2.15. The molecule has 2 amide bonds. The normalized spacial score (nSPS) is 10.6. The lowest BCUT2D eigenvalue weighted by Crippen LogP contribution is -2.28. The number of aromatic nitrogens is 1. The Bertz CT molecular complexity index is 1010. The predicted molar refractivity (Wildman–Crippen MR) is 116 cm³/mol. The fourth-order valence-corrected chi connectivity index (χ4v) is 3.61. The molecule has 0 radical (unpaired) electrons. The Morgan fingerprint density at radius 1 is 1.10 bits per heavy atom. The topological polar surface area (TPSA) is 72.4 Å². The van der Waals surface area contributed by atoms with Gasteiger partial charge in [-0.1, -0.05) is 12.1 Å². The summed E-state index contributed by atoms with van der Waals surface area (Å²) in [6.45, 7) is 0.859. The third-order valence-electron chi connectivity index (χ3n) is 4.22. The zero-order chi connectivity index (χ0) is 21.3. The molecule has 0 bridgehead atoms. The molecule has 0 fully saturated rings. The van der Waals surface area contributed by atoms with E-state index < -0.39 is 11.7 Å². The van der Waals surface area contributed by atoms with Crippen LogP contribution in [0.1, 0.15) is 10.4 Å². The first-order valence-corrected chi connectivity index (χ1v) is 10.3. The molecule has 0 aliphatic heterocycles. The van der Waals surface area contributed by atoms with Gasteiger partial charge in [0.15, 0.2) is 0 Å². The van der Waals surface area contributed by atoms with E-state index in [1.807, 2.05) is 29.1 Å². The van der Waals surface area contributed by atoms with Crippen LogP contribution in [0.4, 0.5) is 10.1 Å². The van der Waals surface area contributed by atoms with Gasteiger partial charge < -0.3 is 19.9 Å². The number of rotatable bonds is 9. The van der Waals surface area contributed by atoms with Crippen molar-refractivity contribution in [2.24, 2.45) is 0 Å². The molecule has 0 unspecified atom stereocenters. The van der Waals surface area contributed by atoms with Gasteiger partial charge in [0.1, 0.15) is 5.82 Å². The molecule has 3 rings (SSSR count). The molecule has 3 aromatic rings. The fraction of sp³-hybridized carbons (Fsp3) is 0.182. The average Bonchev–Trinajstić information content (AvgIpc) is 3.29. The van der Waals surface area contributed by atoms with E-state index in [4.69, 9.17) is 4.74 Å². The minimum atomic E-state index is -0.526. The smallest absolute Gasteiger partial charge is 0.256 e. The molecule has 156 valence electrons. The van der Waals surface area contributed by atoms with Gasteiger partial charge in [0, 0.05) is 36.6 Å². The molecule has 8 heteroatoms. The Morgan fingerprint density at radius 3 is 2.63 bits per heavy atom. The van der Waals surface area contributed by atoms with Crippen LogP contribution in [-0.4, -0.2) is 42.4 Å². The van der Waals surface area contributed by atoms with Gasteiger partial charge in [0.05, 0.1) is 23.6 Å². The number of carbonyl (C=O) groups excluding carboxylic acids is 2. The molecule has 1 aromatic heterocycles. The lowest BCUT2D eigenvalue weighted by Gasteiger charge is -2.12. The van der Waals surface area contributed by atoms with Crippen molar-refractivity contribution in [1.82, 2.24) is 9.88 Å². The van der Waals surface area contributed by atoms with Gasteiger partial charge in [0.2, 0.25) is 5.91 Å². The second-order valence-corrected chi connectivity index (χ2v) is 7.35. The second-order valence-electron chi connectivity index (χ2n) is 6.34. The number of carbonyl (C=O) groups is 2. The van der Waals surface area contributed by atoms with Crippen molar-refractivity contribution in [3.8, 4) is 5.69 Å². The Hall–Kier alpha value is -3.10. The van der Waals surface area contributed by atoms with E-state index in [2.05, 4.69) is 10.6 Å². The molecule has 0 spiro atoms. The Balaban J connectivity index is 1.70. The SMILES string of the molecule is COCCNC(=O)CSc1ccccc1C(=O)Nc1cc(-n2cccc2)ccc1F. The van der Waals surface area contributed by atoms with Crippen molar-refractivity contribution in [2.75, 3.05) is 31.3 Å². The number of thioether (sulfide) groups is 1. The van der Waals surface area contributed by atoms with Crippen LogP contribution in [0.25, 0.3) is 5.69 Å². The van der Waals surface area contributed by atoms with E-state index in [0.29, 0.717) is 23.6 Å². The number of amides is 2. The minimum absolute atomic E-state index is 0.0864. The van der Waals surface area contributed by atoms with Gasteiger partial charge in [-0.25, -0.2) is 4.39 Å². The zero-order valence-electron chi connectivity index (χ0n) is 16.4. The van der Waals surface area contributed by atoms with Crippen LogP contribution >= 0.6 is 11.8 Å². The molecule has 30 heavy (non-hydrogen) atoms. The van der Waals surface area contributed by atoms with E-state index in [0.717, 1.165) is 5.69 Å². The minimum Gasteiger partial charge on any atom is -0.383 e. The summed E-state index contributed by atoms with van der Waals surface area (Å²) in [5.41, 5.74) is 1.19. The van der Waals surface area contributed by atoms with Crippen molar-refractivity contribution in [2.45, 2.75) is 4.90 Å². The van der Waals surface area contributed by atoms with E-state index >= 15 is 0 Å². The summed E-state index contributed by atoms with van der Waals surface area (Å²) in [6.07, 6.45) is 3.67. The maximum absolute atomic E-state index is 14.3. The molecular formula is C22H22FN3O3S. The number of ether oxygens (including phenoxy) is 1. The number of hydrogen-bond acceptors (Lipinski definition) is 4. The monoisotopic (exact) mass is 427 g/mol. The number of nitrogens with zero attached hydrogens (tertiary/aromatic N) is 1. The summed E-state index contributed by atoms with van der Waals surface area (Å²) in [5, 5.41) is 5.37. The first-order valence-electron chi connectivity index (χ1n) is 9.30. The van der Waals surface area contributed by atoms with Gasteiger partial charge in [-0.2, -0.15) is 0 Å². The van der Waals surface area contributed by atoms with Gasteiger partial charge in [-0.3, -0.25) is 9.59 Å². The molecule has 0 saturated carbocycles. The highest BCUT2D eigenvalue weighted by Crippen LogP contribution is 2.25. The summed E-state index contributed by atoms with van der Waals surface area (Å²) in [4.78, 5) is 25.4. The van der Waals surface area contributed by atoms with Gasteiger partial charge >= 0.3 is 0 Å². The Morgan fingerprint density at radius 2 is 1.87 bits per heavy atom. The lowest BCUT2D eigenvalue weighted by atomic mass is 10.2. The highest BCUT2D eigenvalue weighted by molar-refractivity contribution is 8.00. The molecule has 2 N–H and O–H groups in total. The van der Waals surface area contributed by atoms with Crippen LogP contribution in [0.15, 0.2) is 71.9 Å². The van der Waals surface area contributed by atoms with Crippen LogP contribution in [0, 0.1) is 5.82 Å². The molecule has 1 heterocycles. The molecular weight excluding hydrogens is 405 g/mol. The number of benzene rings is 2. The number of nitrogens with one attached hydrogen (secondary N) is 2. The Kier molecular flexibility index (Phi) is 7.64. The van der Waals surface area contributed by atoms with Crippen LogP contribution in [0.5, 0.6) is 0 Å². The van der Waals surface area contributed by atoms with E-state index in [1.165, 1.54) is 17.8 Å². The van der Waals surface area contributed by atoms with Gasteiger partial charge in [0.25, 0.3) is 5.91 Å². The molecule has 2 aromatic carbocycles. The van der Waals surface area contributed by atoms with Crippen molar-refractivity contribution < 1.29 is 18.7 Å². The number of anilines is 1. The number of halogens is 1. The largest absolute Gasteiger partial charge is 0.383 e. The van der Waals surface area contributed by atoms with Gasteiger partial charge in [-0.05, 0) is 42.5 Å². The van der Waals surface area contributed by atoms with Crippen molar-refractivity contribution in [1.29, 1.82) is 0 Å². The second kappa shape index (κ2) is 10.6. The molecule has 0 atom stereocenters. The third kappa shape index (κ3) is 5.71. The Labute approximate surface area is 178 Å². The number of methoxy groups -OCH3 is 1. The zero-order valence-corrected chi connectivity index (χ0v) is 17.2. The summed E-state index contributed by atoms with van der Waals surface area (Å²) >= 11 is 1.25. The van der Waals surface area contributed by atoms with E-state index in [1.54, 1.807) is 43.5 Å². The standard InChI is InChI=1S/C22H22FN3O3S/c1-29-13-10-24-21(27)15-30-20-7-3-2-6-17(20)22(28)25-19-14-16(8-9-18(19)23)26-11-4-5-12-26/h2-9,11-12,14H,10,13,15H2,1H3,(H,24,27)(H,25,28). The summed E-state index contributed by atoms with van der Waals surface area (Å²) in [7, 11) is 1.56. The quantitative estimate of drug-likeness (QED) is 0.403. The molecule has 0 aliphatic carbocycles. The average molecular weight is 428 g/mol. The first kappa shape index (κ1) is 21.6. The summed E-state index contributed by atoms with van der Waals surface area (Å²) in [6, 6.07) is 15.2. The lowest BCUT2D eigenvalue weighted by molar-refractivity contribution is -0.118. The van der Waals surface area contributed by atoms with Crippen LogP contribution in [0.2, 0.25) is 0 Å². The fourth-order valence-electron chi connectivity index (χ4n) is 2.73. The van der Waals surface area contributed by atoms with Gasteiger partial charge in [-0.15, -0.1) is 11.8 Å². The van der Waals surface area contributed by atoms with Crippen molar-refractivity contribution in [3.63, 3.8) is 0 Å².